The Kier molecular flexibility index (Phi) is 22.6. The predicted octanol–water partition coefficient (Wildman–Crippen LogP) is 31.7. The lowest BCUT2D eigenvalue weighted by Crippen LogP contribution is -2.31. The minimum Gasteiger partial charge on any atom is -0.423 e. The summed E-state index contributed by atoms with van der Waals surface area (Å²) in [4.78, 5) is 0. The Morgan fingerprint density at radius 3 is 0.674 bits per heavy atom. The summed E-state index contributed by atoms with van der Waals surface area (Å²) < 4.78 is 3.36. The molecular formula is C120H79B2Br3O4. The number of rotatable bonds is 7. The van der Waals surface area contributed by atoms with E-state index in [9.17, 15) is 10.0 Å². The third kappa shape index (κ3) is 16.4. The molecule has 0 aliphatic rings. The molecule has 0 aliphatic heterocycles. The van der Waals surface area contributed by atoms with E-state index in [1.54, 1.807) is 6.07 Å². The Balaban J connectivity index is 0.000000106. The van der Waals surface area contributed by atoms with Crippen LogP contribution in [0, 0.1) is 0 Å². The second-order valence-electron chi connectivity index (χ2n) is 32.9. The maximum absolute atomic E-state index is 10.1. The van der Waals surface area contributed by atoms with Gasteiger partial charge in [0.05, 0.1) is 0 Å². The zero-order chi connectivity index (χ0) is 87.2. The first-order chi connectivity index (χ1) is 63.3. The van der Waals surface area contributed by atoms with E-state index in [0.717, 1.165) is 56.9 Å². The zero-order valence-electron chi connectivity index (χ0n) is 69.9. The quantitative estimate of drug-likeness (QED) is 0.0728. The minimum atomic E-state index is -1.52. The molecule has 0 aliphatic carbocycles. The molecule has 0 radical (unpaired) electrons. The van der Waals surface area contributed by atoms with E-state index in [-0.39, 0.29) is 0 Å². The van der Waals surface area contributed by atoms with Crippen LogP contribution in [0.15, 0.2) is 468 Å². The largest absolute Gasteiger partial charge is 0.489 e. The van der Waals surface area contributed by atoms with Crippen LogP contribution >= 0.6 is 47.8 Å². The molecule has 9 heteroatoms. The number of benzene rings is 25. The van der Waals surface area contributed by atoms with E-state index >= 15 is 0 Å². The Morgan fingerprint density at radius 2 is 0.341 bits per heavy atom. The molecular weight excluding hydrogens is 1770 g/mol. The molecule has 25 aromatic rings. The van der Waals surface area contributed by atoms with E-state index in [2.05, 4.69) is 412 Å². The molecule has 0 aromatic heterocycles. The molecule has 0 fully saturated rings. The lowest BCUT2D eigenvalue weighted by molar-refractivity contribution is 0.425. The Labute approximate surface area is 772 Å². The second kappa shape index (κ2) is 35.6. The normalized spacial score (nSPS) is 11.4. The molecule has 0 unspecified atom stereocenters. The van der Waals surface area contributed by atoms with Gasteiger partial charge in [0.1, 0.15) is 0 Å². The third-order valence-corrected chi connectivity index (χ3v) is 26.6. The molecule has 0 spiro atoms. The molecule has 0 saturated carbocycles. The molecule has 0 heterocycles. The van der Waals surface area contributed by atoms with E-state index in [4.69, 9.17) is 10.0 Å². The first-order valence-electron chi connectivity index (χ1n) is 43.2. The molecule has 25 rings (SSSR count). The van der Waals surface area contributed by atoms with Crippen LogP contribution in [0.4, 0.5) is 0 Å². The molecule has 0 atom stereocenters. The summed E-state index contributed by atoms with van der Waals surface area (Å²) in [6.45, 7) is 0. The maximum Gasteiger partial charge on any atom is 0.489 e. The molecule has 4 nitrogen and oxygen atoms in total. The lowest BCUT2D eigenvalue weighted by atomic mass is 9.72. The second-order valence-corrected chi connectivity index (χ2v) is 35.7. The van der Waals surface area contributed by atoms with Gasteiger partial charge in [-0.05, 0) is 307 Å². The van der Waals surface area contributed by atoms with E-state index in [1.807, 2.05) is 84.9 Å². The first kappa shape index (κ1) is 81.8. The molecule has 610 valence electrons. The van der Waals surface area contributed by atoms with Crippen molar-refractivity contribution in [1.29, 1.82) is 0 Å². The minimum absolute atomic E-state index is 0.521. The molecule has 25 aromatic carbocycles. The predicted molar refractivity (Wildman–Crippen MR) is 565 cm³/mol. The van der Waals surface area contributed by atoms with E-state index < -0.39 is 14.2 Å². The van der Waals surface area contributed by atoms with Crippen LogP contribution < -0.4 is 10.9 Å². The van der Waals surface area contributed by atoms with Gasteiger partial charge in [-0.1, -0.05) is 424 Å². The van der Waals surface area contributed by atoms with Crippen LogP contribution in [0.5, 0.6) is 0 Å². The van der Waals surface area contributed by atoms with Gasteiger partial charge in [0.2, 0.25) is 0 Å². The van der Waals surface area contributed by atoms with E-state index in [0.29, 0.717) is 10.9 Å². The van der Waals surface area contributed by atoms with Gasteiger partial charge in [-0.15, -0.1) is 0 Å². The van der Waals surface area contributed by atoms with Crippen molar-refractivity contribution in [2.45, 2.75) is 0 Å². The average Bonchev–Trinajstić information content (AvgIpc) is 0.731. The summed E-state index contributed by atoms with van der Waals surface area (Å²) in [5.41, 5.74) is 13.4. The van der Waals surface area contributed by atoms with Crippen LogP contribution in [0.25, 0.3) is 217 Å². The SMILES string of the molecule is Brc1ccc2cc(-c3ccc4c(ccc5ccccc54)c3)ccc2c1.Brc1ccc2cc(Br)ccc2c1.OB(O)c1c2ccccc2c(-c2ccc3ccccc3c2)c2ccccc12.OB(O)c1ccc2c(ccc3ccccc32)c1.c1ccc2cc(-c3c4ccccc4c(-c4ccc5cc(-c6ccc7c(ccc8ccccc87)c6)ccc5c4)c4ccccc34)ccc2c1. The Hall–Kier alpha value is -14.2. The topological polar surface area (TPSA) is 80.9 Å². The smallest absolute Gasteiger partial charge is 0.423 e. The van der Waals surface area contributed by atoms with Gasteiger partial charge in [0.15, 0.2) is 0 Å². The molecule has 0 amide bonds. The van der Waals surface area contributed by atoms with Crippen LogP contribution in [-0.4, -0.2) is 34.3 Å². The highest BCUT2D eigenvalue weighted by atomic mass is 79.9. The Morgan fingerprint density at radius 1 is 0.140 bits per heavy atom. The van der Waals surface area contributed by atoms with Crippen molar-refractivity contribution in [2.24, 2.45) is 0 Å². The van der Waals surface area contributed by atoms with Crippen molar-refractivity contribution >= 4 is 235 Å². The fraction of sp³-hybridized carbons (Fsp3) is 0. The summed E-state index contributed by atoms with van der Waals surface area (Å²) >= 11 is 10.4. The van der Waals surface area contributed by atoms with Gasteiger partial charge in [0.25, 0.3) is 0 Å². The summed E-state index contributed by atoms with van der Waals surface area (Å²) in [6.07, 6.45) is 0. The van der Waals surface area contributed by atoms with Gasteiger partial charge in [0, 0.05) is 13.4 Å². The van der Waals surface area contributed by atoms with Gasteiger partial charge >= 0.3 is 14.2 Å². The first-order valence-corrected chi connectivity index (χ1v) is 45.6. The molecule has 0 bridgehead atoms. The fourth-order valence-electron chi connectivity index (χ4n) is 18.9. The van der Waals surface area contributed by atoms with Crippen molar-refractivity contribution in [1.82, 2.24) is 0 Å². The number of fused-ring (bicyclic) bond motifs is 18. The van der Waals surface area contributed by atoms with Crippen LogP contribution in [0.1, 0.15) is 0 Å². The highest BCUT2D eigenvalue weighted by Crippen LogP contribution is 2.46. The van der Waals surface area contributed by atoms with Gasteiger partial charge < -0.3 is 20.1 Å². The molecule has 129 heavy (non-hydrogen) atoms. The van der Waals surface area contributed by atoms with Crippen molar-refractivity contribution < 1.29 is 20.1 Å². The lowest BCUT2D eigenvalue weighted by Gasteiger charge is -2.18. The van der Waals surface area contributed by atoms with E-state index in [1.165, 1.54) is 174 Å². The van der Waals surface area contributed by atoms with Crippen molar-refractivity contribution in [2.75, 3.05) is 0 Å². The standard InChI is InChI=1S/C48H30.C24H17BO2.C24H15Br.C14H11BO2.C10H6Br2/c1-2-11-33-29-39(23-17-31(33)9-1)47-43-13-5-7-15-45(43)48(46-16-8-6-14-44(46)47)40-24-21-35-27-34(19-20-36(35)30-40)37-25-26-42-38(28-37)22-18-32-10-3-4-12-41(32)42;26-25(27)24-21-11-5-3-9-19(21)23(20-10-4-6-12-22(20)24)18-14-13-16-7-1-2-8-17(16)15-18;25-22-11-9-18-13-17(6-7-20(18)15-22)19-10-12-24-21(14-19)8-5-16-3-1-2-4-23(16)24;16-15(17)12-7-8-14-11(9-12)6-5-10-3-1-2-4-13(10)14;11-9-3-1-7-5-10(12)4-2-8(7)6-9/h1-30H;1-15,26-27H;1-15H;1-9,16-17H;1-6H. The number of hydrogen-bond acceptors (Lipinski definition) is 4. The average molecular weight is 1850 g/mol. The monoisotopic (exact) mass is 1840 g/mol. The van der Waals surface area contributed by atoms with Crippen molar-refractivity contribution in [3.8, 4) is 55.6 Å². The number of hydrogen-bond donors (Lipinski definition) is 4. The highest BCUT2D eigenvalue weighted by molar-refractivity contribution is 9.11. The summed E-state index contributed by atoms with van der Waals surface area (Å²) in [5.74, 6) is 0. The van der Waals surface area contributed by atoms with Crippen LogP contribution in [0.3, 0.4) is 0 Å². The zero-order valence-corrected chi connectivity index (χ0v) is 74.6. The maximum atomic E-state index is 10.1. The van der Waals surface area contributed by atoms with Gasteiger partial charge in [-0.2, -0.15) is 0 Å². The molecule has 0 saturated heterocycles. The van der Waals surface area contributed by atoms with Crippen LogP contribution in [-0.2, 0) is 0 Å². The summed E-state index contributed by atoms with van der Waals surface area (Å²) in [7, 11) is -2.93. The van der Waals surface area contributed by atoms with Crippen LogP contribution in [0.2, 0.25) is 0 Å². The summed E-state index contributed by atoms with van der Waals surface area (Å²) in [6, 6.07) is 161. The third-order valence-electron chi connectivity index (χ3n) is 25.2. The van der Waals surface area contributed by atoms with Crippen molar-refractivity contribution in [3.63, 3.8) is 0 Å². The Bertz CT molecular complexity index is 8580. The van der Waals surface area contributed by atoms with Gasteiger partial charge in [-0.25, -0.2) is 0 Å². The van der Waals surface area contributed by atoms with Gasteiger partial charge in [-0.3, -0.25) is 0 Å². The van der Waals surface area contributed by atoms with Crippen molar-refractivity contribution in [3.05, 3.63) is 468 Å². The summed E-state index contributed by atoms with van der Waals surface area (Å²) in [5, 5.41) is 74.7. The highest BCUT2D eigenvalue weighted by Gasteiger charge is 2.24. The molecule has 4 N–H and O–H groups in total. The fourth-order valence-corrected chi connectivity index (χ4v) is 20.1. The number of halogens is 3.